The molecule has 110 valence electrons. The fraction of sp³-hybridized carbons (Fsp3) is 0.133. The van der Waals surface area contributed by atoms with Crippen molar-refractivity contribution < 1.29 is 13.2 Å². The van der Waals surface area contributed by atoms with Gasteiger partial charge in [0.2, 0.25) is 0 Å². The van der Waals surface area contributed by atoms with Crippen LogP contribution in [0.5, 0.6) is 0 Å². The van der Waals surface area contributed by atoms with Gasteiger partial charge in [0.1, 0.15) is 5.82 Å². The molecule has 2 heterocycles. The van der Waals surface area contributed by atoms with Crippen molar-refractivity contribution in [3.63, 3.8) is 0 Å². The van der Waals surface area contributed by atoms with E-state index in [9.17, 15) is 13.2 Å². The number of aromatic nitrogens is 3. The van der Waals surface area contributed by atoms with Gasteiger partial charge in [-0.15, -0.1) is 0 Å². The normalized spacial score (nSPS) is 11.6. The Hall–Kier alpha value is -2.88. The van der Waals surface area contributed by atoms with Gasteiger partial charge >= 0.3 is 6.18 Å². The first kappa shape index (κ1) is 14.1. The zero-order chi connectivity index (χ0) is 15.9. The second-order valence-electron chi connectivity index (χ2n) is 4.73. The van der Waals surface area contributed by atoms with Gasteiger partial charge in [0.15, 0.2) is 0 Å². The molecule has 0 aliphatic rings. The lowest BCUT2D eigenvalue weighted by Crippen LogP contribution is -2.09. The molecule has 3 rings (SSSR count). The third kappa shape index (κ3) is 2.19. The minimum absolute atomic E-state index is 0.0905. The zero-order valence-corrected chi connectivity index (χ0v) is 11.4. The molecule has 0 saturated heterocycles. The number of pyridine rings is 1. The summed E-state index contributed by atoms with van der Waals surface area (Å²) < 4.78 is 40.9. The average molecular weight is 302 g/mol. The summed E-state index contributed by atoms with van der Waals surface area (Å²) >= 11 is 0. The molecule has 0 N–H and O–H groups in total. The second-order valence-corrected chi connectivity index (χ2v) is 4.73. The first-order chi connectivity index (χ1) is 10.4. The van der Waals surface area contributed by atoms with E-state index in [0.717, 1.165) is 18.5 Å². The number of halogens is 3. The van der Waals surface area contributed by atoms with Crippen LogP contribution in [0.15, 0.2) is 36.7 Å². The Labute approximate surface area is 123 Å². The van der Waals surface area contributed by atoms with Crippen LogP contribution in [0.25, 0.3) is 22.4 Å². The number of aryl methyl sites for hydroxylation is 1. The third-order valence-corrected chi connectivity index (χ3v) is 3.38. The van der Waals surface area contributed by atoms with Crippen molar-refractivity contribution >= 4 is 11.0 Å². The van der Waals surface area contributed by atoms with E-state index >= 15 is 0 Å². The molecule has 3 aromatic rings. The lowest BCUT2D eigenvalue weighted by molar-refractivity contribution is -0.137. The van der Waals surface area contributed by atoms with Gasteiger partial charge in [-0.1, -0.05) is 0 Å². The molecule has 1 aromatic carbocycles. The van der Waals surface area contributed by atoms with E-state index in [-0.39, 0.29) is 11.4 Å². The Morgan fingerprint density at radius 1 is 1.23 bits per heavy atom. The molecule has 2 aromatic heterocycles. The van der Waals surface area contributed by atoms with Gasteiger partial charge in [0, 0.05) is 25.0 Å². The maximum atomic E-state index is 13.1. The van der Waals surface area contributed by atoms with E-state index < -0.39 is 11.7 Å². The Kier molecular flexibility index (Phi) is 3.10. The molecule has 0 atom stereocenters. The highest BCUT2D eigenvalue weighted by Gasteiger charge is 2.34. The molecule has 0 unspecified atom stereocenters. The summed E-state index contributed by atoms with van der Waals surface area (Å²) in [6, 6.07) is 7.70. The van der Waals surface area contributed by atoms with E-state index in [2.05, 4.69) is 9.97 Å². The number of nitrogens with zero attached hydrogens (tertiary/aromatic N) is 4. The number of nitriles is 1. The summed E-state index contributed by atoms with van der Waals surface area (Å²) in [5.74, 6) is 0.158. The molecular formula is C15H9F3N4. The van der Waals surface area contributed by atoms with Crippen LogP contribution in [0.4, 0.5) is 13.2 Å². The van der Waals surface area contributed by atoms with Crippen LogP contribution < -0.4 is 0 Å². The predicted octanol–water partition coefficient (Wildman–Crippen LogP) is 3.53. The predicted molar refractivity (Wildman–Crippen MR) is 73.7 cm³/mol. The topological polar surface area (TPSA) is 54.5 Å². The molecule has 0 radical (unpaired) electrons. The van der Waals surface area contributed by atoms with Crippen LogP contribution in [-0.4, -0.2) is 14.5 Å². The van der Waals surface area contributed by atoms with Gasteiger partial charge in [-0.25, -0.2) is 4.98 Å². The number of rotatable bonds is 1. The van der Waals surface area contributed by atoms with Gasteiger partial charge in [-0.2, -0.15) is 18.4 Å². The maximum absolute atomic E-state index is 13.1. The minimum Gasteiger partial charge on any atom is -0.327 e. The Morgan fingerprint density at radius 3 is 2.68 bits per heavy atom. The summed E-state index contributed by atoms with van der Waals surface area (Å²) in [7, 11) is 1.61. The van der Waals surface area contributed by atoms with E-state index in [0.29, 0.717) is 16.6 Å². The monoisotopic (exact) mass is 302 g/mol. The highest BCUT2D eigenvalue weighted by atomic mass is 19.4. The highest BCUT2D eigenvalue weighted by molar-refractivity contribution is 5.82. The van der Waals surface area contributed by atoms with Crippen molar-refractivity contribution in [1.82, 2.24) is 14.5 Å². The molecule has 22 heavy (non-hydrogen) atoms. The smallest absolute Gasteiger partial charge is 0.327 e. The van der Waals surface area contributed by atoms with Crippen molar-refractivity contribution in [2.45, 2.75) is 6.18 Å². The number of hydrogen-bond acceptors (Lipinski definition) is 3. The van der Waals surface area contributed by atoms with Crippen LogP contribution >= 0.6 is 0 Å². The molecule has 0 spiro atoms. The minimum atomic E-state index is -4.49. The first-order valence-electron chi connectivity index (χ1n) is 6.30. The average Bonchev–Trinajstić information content (AvgIpc) is 2.83. The molecule has 4 nitrogen and oxygen atoms in total. The summed E-state index contributed by atoms with van der Waals surface area (Å²) in [6.45, 7) is 0. The number of hydrogen-bond donors (Lipinski definition) is 0. The number of benzene rings is 1. The number of fused-ring (bicyclic) bond motifs is 1. The van der Waals surface area contributed by atoms with E-state index in [4.69, 9.17) is 5.26 Å². The van der Waals surface area contributed by atoms with Crippen LogP contribution in [-0.2, 0) is 13.2 Å². The van der Waals surface area contributed by atoms with E-state index in [1.807, 2.05) is 6.07 Å². The molecule has 0 bridgehead atoms. The molecule has 0 saturated carbocycles. The SMILES string of the molecule is Cn1c(-c2cnccc2C(F)(F)F)nc2ccc(C#N)cc21. The number of imidazole rings is 1. The molecule has 7 heteroatoms. The molecular weight excluding hydrogens is 293 g/mol. The molecule has 0 aliphatic carbocycles. The van der Waals surface area contributed by atoms with Crippen LogP contribution in [0.1, 0.15) is 11.1 Å². The van der Waals surface area contributed by atoms with E-state index in [1.165, 1.54) is 4.57 Å². The Balaban J connectivity index is 2.29. The van der Waals surface area contributed by atoms with Gasteiger partial charge in [-0.3, -0.25) is 4.98 Å². The zero-order valence-electron chi connectivity index (χ0n) is 11.4. The summed E-state index contributed by atoms with van der Waals surface area (Å²) in [5.41, 5.74) is 0.650. The molecule has 0 amide bonds. The maximum Gasteiger partial charge on any atom is 0.417 e. The van der Waals surface area contributed by atoms with Crippen LogP contribution in [0, 0.1) is 11.3 Å². The van der Waals surface area contributed by atoms with Crippen molar-refractivity contribution in [2.75, 3.05) is 0 Å². The summed E-state index contributed by atoms with van der Waals surface area (Å²) in [4.78, 5) is 8.02. The van der Waals surface area contributed by atoms with Gasteiger partial charge in [0.25, 0.3) is 0 Å². The quantitative estimate of drug-likeness (QED) is 0.691. The highest BCUT2D eigenvalue weighted by Crippen LogP contribution is 2.36. The second kappa shape index (κ2) is 4.84. The van der Waals surface area contributed by atoms with Crippen molar-refractivity contribution in [2.24, 2.45) is 7.05 Å². The Bertz CT molecular complexity index is 903. The standard InChI is InChI=1S/C15H9F3N4/c1-22-13-6-9(7-19)2-3-12(13)21-14(22)10-8-20-5-4-11(10)15(16,17)18/h2-6,8H,1H3. The van der Waals surface area contributed by atoms with Crippen LogP contribution in [0.2, 0.25) is 0 Å². The lowest BCUT2D eigenvalue weighted by atomic mass is 10.1. The fourth-order valence-corrected chi connectivity index (χ4v) is 2.32. The van der Waals surface area contributed by atoms with Crippen molar-refractivity contribution in [1.29, 1.82) is 5.26 Å². The summed E-state index contributed by atoms with van der Waals surface area (Å²) in [6.07, 6.45) is -2.24. The first-order valence-corrected chi connectivity index (χ1v) is 6.30. The van der Waals surface area contributed by atoms with Gasteiger partial charge in [0.05, 0.1) is 28.2 Å². The fourth-order valence-electron chi connectivity index (χ4n) is 2.32. The van der Waals surface area contributed by atoms with Crippen molar-refractivity contribution in [3.05, 3.63) is 47.8 Å². The van der Waals surface area contributed by atoms with Gasteiger partial charge < -0.3 is 4.57 Å². The van der Waals surface area contributed by atoms with Crippen LogP contribution in [0.3, 0.4) is 0 Å². The lowest BCUT2D eigenvalue weighted by Gasteiger charge is -2.11. The van der Waals surface area contributed by atoms with Gasteiger partial charge in [-0.05, 0) is 24.3 Å². The third-order valence-electron chi connectivity index (χ3n) is 3.38. The van der Waals surface area contributed by atoms with E-state index in [1.54, 1.807) is 25.2 Å². The molecule has 0 fully saturated rings. The molecule has 0 aliphatic heterocycles. The summed E-state index contributed by atoms with van der Waals surface area (Å²) in [5, 5.41) is 8.92. The number of alkyl halides is 3. The largest absolute Gasteiger partial charge is 0.417 e. The Morgan fingerprint density at radius 2 is 2.00 bits per heavy atom. The van der Waals surface area contributed by atoms with Crippen molar-refractivity contribution in [3.8, 4) is 17.5 Å².